The average molecular weight is 359 g/mol. The predicted molar refractivity (Wildman–Crippen MR) is 91.8 cm³/mol. The second kappa shape index (κ2) is 5.31. The van der Waals surface area contributed by atoms with E-state index in [1.165, 1.54) is 0 Å². The zero-order chi connectivity index (χ0) is 16.1. The molecule has 0 aromatic rings. The van der Waals surface area contributed by atoms with Gasteiger partial charge < -0.3 is 0 Å². The van der Waals surface area contributed by atoms with Crippen LogP contribution in [-0.4, -0.2) is 15.9 Å². The van der Waals surface area contributed by atoms with Gasteiger partial charge in [0.25, 0.3) is 0 Å². The van der Waals surface area contributed by atoms with Crippen LogP contribution >= 0.6 is 15.9 Å². The Morgan fingerprint density at radius 3 is 1.73 bits per heavy atom. The molecular weight excluding hydrogens is 340 g/mol. The fourth-order valence-corrected chi connectivity index (χ4v) is 4.13. The molecule has 3 heteroatoms. The molecule has 2 unspecified atom stereocenters. The highest BCUT2D eigenvalue weighted by Gasteiger charge is 2.51. The summed E-state index contributed by atoms with van der Waals surface area (Å²) in [5.74, 6) is 0.530. The van der Waals surface area contributed by atoms with E-state index >= 15 is 0 Å². The van der Waals surface area contributed by atoms with Crippen LogP contribution in [0.15, 0.2) is 58.7 Å². The first-order valence-corrected chi connectivity index (χ1v) is 8.43. The minimum Gasteiger partial charge on any atom is -0.289 e. The summed E-state index contributed by atoms with van der Waals surface area (Å²) in [6.45, 7) is 5.86. The van der Waals surface area contributed by atoms with Gasteiger partial charge in [0.15, 0.2) is 11.6 Å². The molecular formula is C19H19BrO2. The topological polar surface area (TPSA) is 34.1 Å². The summed E-state index contributed by atoms with van der Waals surface area (Å²) < 4.78 is -0.0492. The predicted octanol–water partition coefficient (Wildman–Crippen LogP) is 4.24. The SMILES string of the molecule is C/C=C\C1=C(/C=C\C)C(=O)C2=CC3CC(C=C2C1=O)C3(C)Br. The quantitative estimate of drug-likeness (QED) is 0.691. The number of hydrogen-bond acceptors (Lipinski definition) is 2. The van der Waals surface area contributed by atoms with Crippen molar-refractivity contribution in [3.05, 3.63) is 58.7 Å². The van der Waals surface area contributed by atoms with Gasteiger partial charge in [-0.3, -0.25) is 9.59 Å². The Bertz CT molecular complexity index is 656. The lowest BCUT2D eigenvalue weighted by atomic mass is 9.66. The van der Waals surface area contributed by atoms with Gasteiger partial charge in [-0.05, 0) is 39.0 Å². The Hall–Kier alpha value is -1.48. The summed E-state index contributed by atoms with van der Waals surface area (Å²) in [5, 5.41) is 0. The lowest BCUT2D eigenvalue weighted by molar-refractivity contribution is -0.116. The van der Waals surface area contributed by atoms with Gasteiger partial charge in [0.05, 0.1) is 0 Å². The number of allylic oxidation sites excluding steroid dienone is 10. The zero-order valence-corrected chi connectivity index (χ0v) is 14.6. The molecule has 2 nitrogen and oxygen atoms in total. The zero-order valence-electron chi connectivity index (χ0n) is 13.0. The molecule has 4 aliphatic carbocycles. The maximum absolute atomic E-state index is 12.9. The first kappa shape index (κ1) is 15.4. The van der Waals surface area contributed by atoms with Gasteiger partial charge in [-0.2, -0.15) is 0 Å². The van der Waals surface area contributed by atoms with E-state index in [0.717, 1.165) is 6.42 Å². The maximum Gasteiger partial charge on any atom is 0.194 e. The Labute approximate surface area is 139 Å². The minimum absolute atomic E-state index is 0.0344. The highest BCUT2D eigenvalue weighted by molar-refractivity contribution is 9.10. The van der Waals surface area contributed by atoms with Crippen molar-refractivity contribution in [3.63, 3.8) is 0 Å². The van der Waals surface area contributed by atoms with Crippen LogP contribution in [-0.2, 0) is 9.59 Å². The number of halogens is 1. The normalized spacial score (nSPS) is 34.5. The number of ketones is 2. The molecule has 0 N–H and O–H groups in total. The first-order valence-electron chi connectivity index (χ1n) is 7.63. The first-order chi connectivity index (χ1) is 10.4. The molecule has 22 heavy (non-hydrogen) atoms. The summed E-state index contributed by atoms with van der Waals surface area (Å²) in [6.07, 6.45) is 12.1. The van der Waals surface area contributed by atoms with E-state index in [2.05, 4.69) is 22.9 Å². The third-order valence-corrected chi connectivity index (χ3v) is 6.10. The largest absolute Gasteiger partial charge is 0.289 e. The molecule has 2 bridgehead atoms. The fourth-order valence-electron chi connectivity index (χ4n) is 3.49. The monoisotopic (exact) mass is 358 g/mol. The van der Waals surface area contributed by atoms with Crippen molar-refractivity contribution in [1.29, 1.82) is 0 Å². The van der Waals surface area contributed by atoms with Gasteiger partial charge in [0, 0.05) is 26.6 Å². The number of rotatable bonds is 2. The van der Waals surface area contributed by atoms with Crippen molar-refractivity contribution in [3.8, 4) is 0 Å². The standard InChI is InChI=1S/C19H19BrO2/c1-4-6-13-14(7-5-2)18(22)16-10-12-8-11(19(12,3)20)9-15(16)17(13)21/h4-7,9-12H,8H2,1-3H3/b6-4-,7-5-. The average Bonchev–Trinajstić information content (AvgIpc) is 2.76. The van der Waals surface area contributed by atoms with Crippen LogP contribution in [0.3, 0.4) is 0 Å². The molecule has 0 aromatic heterocycles. The van der Waals surface area contributed by atoms with Gasteiger partial charge in [0.2, 0.25) is 0 Å². The van der Waals surface area contributed by atoms with Gasteiger partial charge >= 0.3 is 0 Å². The third-order valence-electron chi connectivity index (χ3n) is 4.92. The van der Waals surface area contributed by atoms with E-state index in [0.29, 0.717) is 34.1 Å². The van der Waals surface area contributed by atoms with Crippen LogP contribution in [0.1, 0.15) is 27.2 Å². The molecule has 4 aliphatic rings. The van der Waals surface area contributed by atoms with Crippen LogP contribution in [0, 0.1) is 11.8 Å². The van der Waals surface area contributed by atoms with E-state index in [-0.39, 0.29) is 15.9 Å². The number of carbonyl (C=O) groups is 2. The van der Waals surface area contributed by atoms with Crippen LogP contribution < -0.4 is 0 Å². The summed E-state index contributed by atoms with van der Waals surface area (Å²) >= 11 is 3.77. The Morgan fingerprint density at radius 2 is 1.41 bits per heavy atom. The van der Waals surface area contributed by atoms with Crippen LogP contribution in [0.2, 0.25) is 0 Å². The summed E-state index contributed by atoms with van der Waals surface area (Å²) in [4.78, 5) is 25.8. The lowest BCUT2D eigenvalue weighted by Crippen LogP contribution is -2.46. The van der Waals surface area contributed by atoms with Crippen molar-refractivity contribution in [2.75, 3.05) is 0 Å². The van der Waals surface area contributed by atoms with Gasteiger partial charge in [-0.25, -0.2) is 0 Å². The van der Waals surface area contributed by atoms with Crippen LogP contribution in [0.4, 0.5) is 0 Å². The molecule has 0 amide bonds. The fraction of sp³-hybridized carbons (Fsp3) is 0.368. The van der Waals surface area contributed by atoms with Crippen LogP contribution in [0.25, 0.3) is 0 Å². The second-order valence-electron chi connectivity index (χ2n) is 6.25. The van der Waals surface area contributed by atoms with Gasteiger partial charge in [-0.15, -0.1) is 0 Å². The number of carbonyl (C=O) groups excluding carboxylic acids is 2. The van der Waals surface area contributed by atoms with Crippen molar-refractivity contribution in [2.45, 2.75) is 31.5 Å². The molecule has 0 heterocycles. The molecule has 0 spiro atoms. The molecule has 1 fully saturated rings. The van der Waals surface area contributed by atoms with Gasteiger partial charge in [-0.1, -0.05) is 52.4 Å². The van der Waals surface area contributed by atoms with E-state index in [9.17, 15) is 9.59 Å². The summed E-state index contributed by atoms with van der Waals surface area (Å²) in [6, 6.07) is 0. The van der Waals surface area contributed by atoms with Crippen molar-refractivity contribution >= 4 is 27.5 Å². The van der Waals surface area contributed by atoms with E-state index in [4.69, 9.17) is 0 Å². The molecule has 1 saturated carbocycles. The highest BCUT2D eigenvalue weighted by atomic mass is 79.9. The lowest BCUT2D eigenvalue weighted by Gasteiger charge is -2.47. The van der Waals surface area contributed by atoms with E-state index in [1.807, 2.05) is 38.2 Å². The maximum atomic E-state index is 12.9. The summed E-state index contributed by atoms with van der Waals surface area (Å²) in [5.41, 5.74) is 2.18. The number of hydrogen-bond donors (Lipinski definition) is 0. The van der Waals surface area contributed by atoms with Crippen molar-refractivity contribution in [2.24, 2.45) is 11.8 Å². The van der Waals surface area contributed by atoms with Crippen molar-refractivity contribution < 1.29 is 9.59 Å². The third kappa shape index (κ3) is 2.06. The molecule has 114 valence electrons. The van der Waals surface area contributed by atoms with Crippen molar-refractivity contribution in [1.82, 2.24) is 0 Å². The molecule has 0 aliphatic heterocycles. The molecule has 0 saturated heterocycles. The number of Topliss-reactive ketones (excluding diaryl/α,β-unsaturated/α-hetero) is 2. The minimum atomic E-state index is -0.0492. The molecule has 4 rings (SSSR count). The Kier molecular flexibility index (Phi) is 3.72. The summed E-state index contributed by atoms with van der Waals surface area (Å²) in [7, 11) is 0. The molecule has 2 atom stereocenters. The van der Waals surface area contributed by atoms with E-state index < -0.39 is 0 Å². The second-order valence-corrected chi connectivity index (χ2v) is 7.95. The van der Waals surface area contributed by atoms with E-state index in [1.54, 1.807) is 12.2 Å². The molecule has 0 aromatic carbocycles. The molecule has 0 radical (unpaired) electrons. The Balaban J connectivity index is 2.21. The highest BCUT2D eigenvalue weighted by Crippen LogP contribution is 2.55. The van der Waals surface area contributed by atoms with Gasteiger partial charge in [0.1, 0.15) is 0 Å². The Morgan fingerprint density at radius 1 is 1.00 bits per heavy atom. The van der Waals surface area contributed by atoms with Crippen LogP contribution in [0.5, 0.6) is 0 Å². The smallest absolute Gasteiger partial charge is 0.194 e. The number of alkyl halides is 1.